The number of carbonyl (C=O) groups is 2. The summed E-state index contributed by atoms with van der Waals surface area (Å²) in [5.41, 5.74) is 0.423. The monoisotopic (exact) mass is 321 g/mol. The molecule has 1 heterocycles. The zero-order chi connectivity index (χ0) is 15.5. The van der Waals surface area contributed by atoms with Crippen LogP contribution in [0, 0.1) is 6.92 Å². The number of likely N-dealkylation sites (N-methyl/N-ethyl adjacent to an activating group) is 1. The van der Waals surface area contributed by atoms with Crippen LogP contribution in [-0.2, 0) is 24.3 Å². The predicted molar refractivity (Wildman–Crippen MR) is 72.2 cm³/mol. The molecule has 0 unspecified atom stereocenters. The van der Waals surface area contributed by atoms with Gasteiger partial charge >= 0.3 is 11.9 Å². The SMILES string of the molecule is COC(=O)CN(C)S(=O)(=O)c1c(C)csc1C(=O)OC. The Morgan fingerprint density at radius 2 is 1.90 bits per heavy atom. The van der Waals surface area contributed by atoms with E-state index in [1.165, 1.54) is 21.3 Å². The number of ether oxygens (including phenoxy) is 2. The molecule has 1 aromatic heterocycles. The lowest BCUT2D eigenvalue weighted by atomic mass is 10.3. The van der Waals surface area contributed by atoms with Gasteiger partial charge in [-0.15, -0.1) is 11.3 Å². The topological polar surface area (TPSA) is 90.0 Å². The molecule has 1 aromatic rings. The molecule has 1 rings (SSSR count). The van der Waals surface area contributed by atoms with Crippen LogP contribution in [0.1, 0.15) is 15.2 Å². The fourth-order valence-corrected chi connectivity index (χ4v) is 4.24. The van der Waals surface area contributed by atoms with E-state index in [0.29, 0.717) is 5.56 Å². The number of hydrogen-bond acceptors (Lipinski definition) is 7. The third kappa shape index (κ3) is 3.17. The number of rotatable bonds is 5. The lowest BCUT2D eigenvalue weighted by Gasteiger charge is -2.16. The first-order valence-electron chi connectivity index (χ1n) is 5.45. The maximum atomic E-state index is 12.4. The molecule has 20 heavy (non-hydrogen) atoms. The van der Waals surface area contributed by atoms with E-state index in [0.717, 1.165) is 15.6 Å². The van der Waals surface area contributed by atoms with Crippen LogP contribution in [-0.4, -0.2) is 52.5 Å². The van der Waals surface area contributed by atoms with Gasteiger partial charge in [-0.05, 0) is 17.9 Å². The molecular formula is C11H15NO6S2. The number of esters is 2. The van der Waals surface area contributed by atoms with Crippen LogP contribution in [0.3, 0.4) is 0 Å². The van der Waals surface area contributed by atoms with E-state index in [4.69, 9.17) is 0 Å². The Bertz CT molecular complexity index is 619. The van der Waals surface area contributed by atoms with Crippen molar-refractivity contribution in [2.24, 2.45) is 0 Å². The van der Waals surface area contributed by atoms with Crippen molar-refractivity contribution in [2.75, 3.05) is 27.8 Å². The number of carbonyl (C=O) groups excluding carboxylic acids is 2. The summed E-state index contributed by atoms with van der Waals surface area (Å²) in [7, 11) is -0.397. The van der Waals surface area contributed by atoms with Crippen molar-refractivity contribution in [1.82, 2.24) is 4.31 Å². The fourth-order valence-electron chi connectivity index (χ4n) is 1.47. The van der Waals surface area contributed by atoms with Gasteiger partial charge in [0.15, 0.2) is 0 Å². The van der Waals surface area contributed by atoms with E-state index in [9.17, 15) is 18.0 Å². The van der Waals surface area contributed by atoms with Crippen molar-refractivity contribution in [3.8, 4) is 0 Å². The van der Waals surface area contributed by atoms with Crippen LogP contribution in [0.5, 0.6) is 0 Å². The molecule has 0 aliphatic carbocycles. The average molecular weight is 321 g/mol. The Kier molecular flexibility index (Phi) is 5.26. The molecule has 0 spiro atoms. The Hall–Kier alpha value is -1.45. The number of thiophene rings is 1. The Labute approximate surface area is 121 Å². The summed E-state index contributed by atoms with van der Waals surface area (Å²) in [6.45, 7) is 1.14. The van der Waals surface area contributed by atoms with Gasteiger partial charge in [0.05, 0.1) is 14.2 Å². The van der Waals surface area contributed by atoms with Crippen LogP contribution in [0.4, 0.5) is 0 Å². The third-order valence-electron chi connectivity index (χ3n) is 2.54. The molecule has 0 radical (unpaired) electrons. The molecule has 7 nitrogen and oxygen atoms in total. The molecule has 0 amide bonds. The van der Waals surface area contributed by atoms with Crippen LogP contribution < -0.4 is 0 Å². The second-order valence-electron chi connectivity index (χ2n) is 3.91. The summed E-state index contributed by atoms with van der Waals surface area (Å²) in [5, 5.41) is 1.55. The van der Waals surface area contributed by atoms with Gasteiger partial charge in [-0.25, -0.2) is 13.2 Å². The molecule has 9 heteroatoms. The highest BCUT2D eigenvalue weighted by atomic mass is 32.2. The highest BCUT2D eigenvalue weighted by Crippen LogP contribution is 2.29. The third-order valence-corrected chi connectivity index (χ3v) is 5.74. The lowest BCUT2D eigenvalue weighted by molar-refractivity contribution is -0.140. The molecule has 112 valence electrons. The normalized spacial score (nSPS) is 11.4. The summed E-state index contributed by atoms with van der Waals surface area (Å²) in [5.74, 6) is -1.42. The predicted octanol–water partition coefficient (Wildman–Crippen LogP) is 0.637. The molecule has 0 atom stereocenters. The summed E-state index contributed by atoms with van der Waals surface area (Å²) >= 11 is 0.981. The van der Waals surface area contributed by atoms with Crippen molar-refractivity contribution >= 4 is 33.3 Å². The molecule has 0 aromatic carbocycles. The first-order chi connectivity index (χ1) is 9.25. The minimum absolute atomic E-state index is 0.0123. The largest absolute Gasteiger partial charge is 0.468 e. The van der Waals surface area contributed by atoms with Gasteiger partial charge in [-0.1, -0.05) is 0 Å². The standard InChI is InChI=1S/C11H15NO6S2/c1-7-6-19-9(11(14)18-4)10(7)20(15,16)12(2)5-8(13)17-3/h6H,5H2,1-4H3. The summed E-state index contributed by atoms with van der Waals surface area (Å²) < 4.78 is 34.7. The quantitative estimate of drug-likeness (QED) is 0.739. The first kappa shape index (κ1) is 16.6. The van der Waals surface area contributed by atoms with Crippen molar-refractivity contribution in [1.29, 1.82) is 0 Å². The summed E-state index contributed by atoms with van der Waals surface area (Å²) in [4.78, 5) is 22.6. The fraction of sp³-hybridized carbons (Fsp3) is 0.455. The van der Waals surface area contributed by atoms with E-state index in [2.05, 4.69) is 9.47 Å². The van der Waals surface area contributed by atoms with Gasteiger partial charge < -0.3 is 9.47 Å². The smallest absolute Gasteiger partial charge is 0.349 e. The molecule has 0 saturated heterocycles. The van der Waals surface area contributed by atoms with Crippen molar-refractivity contribution < 1.29 is 27.5 Å². The van der Waals surface area contributed by atoms with E-state index in [1.807, 2.05) is 0 Å². The summed E-state index contributed by atoms with van der Waals surface area (Å²) in [6, 6.07) is 0. The molecule has 0 saturated carbocycles. The maximum absolute atomic E-state index is 12.4. The second kappa shape index (κ2) is 6.33. The van der Waals surface area contributed by atoms with Gasteiger partial charge in [0.2, 0.25) is 10.0 Å². The molecule has 0 aliphatic rings. The summed E-state index contributed by atoms with van der Waals surface area (Å²) in [6.07, 6.45) is 0. The molecule has 0 aliphatic heterocycles. The number of methoxy groups -OCH3 is 2. The highest BCUT2D eigenvalue weighted by Gasteiger charge is 2.31. The Morgan fingerprint density at radius 3 is 2.40 bits per heavy atom. The second-order valence-corrected chi connectivity index (χ2v) is 6.77. The van der Waals surface area contributed by atoms with Gasteiger partial charge in [-0.3, -0.25) is 4.79 Å². The zero-order valence-corrected chi connectivity index (χ0v) is 13.1. The van der Waals surface area contributed by atoms with Gasteiger partial charge in [-0.2, -0.15) is 4.31 Å². The van der Waals surface area contributed by atoms with E-state index in [1.54, 1.807) is 12.3 Å². The average Bonchev–Trinajstić information content (AvgIpc) is 2.79. The van der Waals surface area contributed by atoms with Crippen LogP contribution in [0.25, 0.3) is 0 Å². The number of hydrogen-bond donors (Lipinski definition) is 0. The van der Waals surface area contributed by atoms with E-state index in [-0.39, 0.29) is 9.77 Å². The Balaban J connectivity index is 3.25. The number of sulfonamides is 1. The zero-order valence-electron chi connectivity index (χ0n) is 11.5. The van der Waals surface area contributed by atoms with Gasteiger partial charge in [0.25, 0.3) is 0 Å². The van der Waals surface area contributed by atoms with Crippen LogP contribution in [0.2, 0.25) is 0 Å². The minimum Gasteiger partial charge on any atom is -0.468 e. The first-order valence-corrected chi connectivity index (χ1v) is 7.77. The van der Waals surface area contributed by atoms with E-state index >= 15 is 0 Å². The minimum atomic E-state index is -3.98. The molecular weight excluding hydrogens is 306 g/mol. The van der Waals surface area contributed by atoms with Crippen molar-refractivity contribution in [3.05, 3.63) is 15.8 Å². The lowest BCUT2D eigenvalue weighted by Crippen LogP contribution is -2.33. The van der Waals surface area contributed by atoms with E-state index < -0.39 is 28.5 Å². The van der Waals surface area contributed by atoms with Crippen LogP contribution >= 0.6 is 11.3 Å². The van der Waals surface area contributed by atoms with Crippen molar-refractivity contribution in [2.45, 2.75) is 11.8 Å². The molecule has 0 N–H and O–H groups in total. The highest BCUT2D eigenvalue weighted by molar-refractivity contribution is 7.89. The molecule has 0 fully saturated rings. The number of nitrogens with zero attached hydrogens (tertiary/aromatic N) is 1. The van der Waals surface area contributed by atoms with Crippen molar-refractivity contribution in [3.63, 3.8) is 0 Å². The Morgan fingerprint density at radius 1 is 1.30 bits per heavy atom. The number of aryl methyl sites for hydroxylation is 1. The van der Waals surface area contributed by atoms with Gasteiger partial charge in [0, 0.05) is 7.05 Å². The molecule has 0 bridgehead atoms. The van der Waals surface area contributed by atoms with Crippen LogP contribution in [0.15, 0.2) is 10.3 Å². The van der Waals surface area contributed by atoms with Gasteiger partial charge in [0.1, 0.15) is 16.3 Å². The maximum Gasteiger partial charge on any atom is 0.349 e.